The van der Waals surface area contributed by atoms with Crippen molar-refractivity contribution in [2.24, 2.45) is 0 Å². The largest absolute Gasteiger partial charge is 0.376 e. The van der Waals surface area contributed by atoms with Crippen molar-refractivity contribution < 1.29 is 14.3 Å². The van der Waals surface area contributed by atoms with Crippen molar-refractivity contribution in [2.45, 2.75) is 44.3 Å². The molecule has 0 bridgehead atoms. The normalized spacial score (nSPS) is 23.9. The molecule has 0 aromatic rings. The third-order valence-corrected chi connectivity index (χ3v) is 3.50. The maximum atomic E-state index is 11.6. The van der Waals surface area contributed by atoms with E-state index < -0.39 is 0 Å². The van der Waals surface area contributed by atoms with Crippen LogP contribution >= 0.6 is 12.4 Å². The van der Waals surface area contributed by atoms with Crippen molar-refractivity contribution >= 4 is 18.3 Å². The molecule has 0 spiro atoms. The average molecular weight is 293 g/mol. The number of ether oxygens (including phenoxy) is 2. The maximum absolute atomic E-state index is 11.6. The first kappa shape index (κ1) is 16.7. The van der Waals surface area contributed by atoms with E-state index in [1.807, 2.05) is 0 Å². The summed E-state index contributed by atoms with van der Waals surface area (Å²) >= 11 is 0. The van der Waals surface area contributed by atoms with Gasteiger partial charge in [0.1, 0.15) is 0 Å². The molecule has 19 heavy (non-hydrogen) atoms. The molecule has 0 radical (unpaired) electrons. The van der Waals surface area contributed by atoms with Crippen LogP contribution in [0.3, 0.4) is 0 Å². The highest BCUT2D eigenvalue weighted by molar-refractivity contribution is 5.85. The Balaban J connectivity index is 0.00000180. The number of carbonyl (C=O) groups excluding carboxylic acids is 1. The van der Waals surface area contributed by atoms with Crippen molar-refractivity contribution in [3.8, 4) is 0 Å². The van der Waals surface area contributed by atoms with E-state index in [2.05, 4.69) is 10.6 Å². The van der Waals surface area contributed by atoms with Crippen LogP contribution in [-0.4, -0.2) is 51.0 Å². The lowest BCUT2D eigenvalue weighted by Crippen LogP contribution is -2.41. The van der Waals surface area contributed by atoms with Crippen LogP contribution in [0.15, 0.2) is 0 Å². The van der Waals surface area contributed by atoms with Gasteiger partial charge in [-0.25, -0.2) is 0 Å². The van der Waals surface area contributed by atoms with Crippen LogP contribution in [0.2, 0.25) is 0 Å². The zero-order chi connectivity index (χ0) is 12.6. The van der Waals surface area contributed by atoms with Crippen molar-refractivity contribution in [3.63, 3.8) is 0 Å². The van der Waals surface area contributed by atoms with Crippen LogP contribution < -0.4 is 10.6 Å². The number of hydrogen-bond acceptors (Lipinski definition) is 4. The van der Waals surface area contributed by atoms with Gasteiger partial charge in [-0.1, -0.05) is 12.8 Å². The summed E-state index contributed by atoms with van der Waals surface area (Å²) in [4.78, 5) is 11.6. The first-order valence-electron chi connectivity index (χ1n) is 7.05. The quantitative estimate of drug-likeness (QED) is 0.713. The number of morpholine rings is 1. The topological polar surface area (TPSA) is 59.6 Å². The summed E-state index contributed by atoms with van der Waals surface area (Å²) in [6.45, 7) is 3.58. The number of halogens is 1. The summed E-state index contributed by atoms with van der Waals surface area (Å²) < 4.78 is 11.2. The lowest BCUT2D eigenvalue weighted by Gasteiger charge is -2.23. The number of rotatable bonds is 6. The molecule has 2 aliphatic rings. The van der Waals surface area contributed by atoms with Crippen LogP contribution in [0.25, 0.3) is 0 Å². The standard InChI is InChI=1S/C13H24N2O3.ClH/c16-13(9-12-10-14-5-7-18-12)15-6-8-17-11-3-1-2-4-11;/h11-12,14H,1-10H2,(H,15,16);1H. The van der Waals surface area contributed by atoms with E-state index in [-0.39, 0.29) is 24.4 Å². The van der Waals surface area contributed by atoms with Gasteiger partial charge in [0.05, 0.1) is 31.8 Å². The molecule has 0 aromatic heterocycles. The van der Waals surface area contributed by atoms with E-state index in [1.165, 1.54) is 25.7 Å². The Morgan fingerprint density at radius 2 is 2.16 bits per heavy atom. The van der Waals surface area contributed by atoms with Crippen LogP contribution in [-0.2, 0) is 14.3 Å². The molecule has 0 aromatic carbocycles. The molecule has 6 heteroatoms. The van der Waals surface area contributed by atoms with E-state index in [1.54, 1.807) is 0 Å². The molecule has 5 nitrogen and oxygen atoms in total. The smallest absolute Gasteiger partial charge is 0.222 e. The van der Waals surface area contributed by atoms with Gasteiger partial charge in [-0.15, -0.1) is 12.4 Å². The molecule has 1 saturated carbocycles. The van der Waals surface area contributed by atoms with Gasteiger partial charge < -0.3 is 20.1 Å². The second-order valence-electron chi connectivity index (χ2n) is 5.03. The van der Waals surface area contributed by atoms with Crippen molar-refractivity contribution in [1.29, 1.82) is 0 Å². The predicted octanol–water partition coefficient (Wildman–Crippen LogP) is 0.862. The van der Waals surface area contributed by atoms with Gasteiger partial charge in [-0.2, -0.15) is 0 Å². The molecule has 112 valence electrons. The summed E-state index contributed by atoms with van der Waals surface area (Å²) in [6.07, 6.45) is 5.80. The Hall–Kier alpha value is -0.360. The molecular formula is C13H25ClN2O3. The van der Waals surface area contributed by atoms with Gasteiger partial charge in [-0.3, -0.25) is 4.79 Å². The minimum Gasteiger partial charge on any atom is -0.376 e. The molecule has 1 aliphatic carbocycles. The third-order valence-electron chi connectivity index (χ3n) is 3.50. The molecule has 1 saturated heterocycles. The summed E-state index contributed by atoms with van der Waals surface area (Å²) in [7, 11) is 0. The van der Waals surface area contributed by atoms with Gasteiger partial charge >= 0.3 is 0 Å². The summed E-state index contributed by atoms with van der Waals surface area (Å²) in [5.74, 6) is 0.0544. The lowest BCUT2D eigenvalue weighted by molar-refractivity contribution is -0.124. The Kier molecular flexibility index (Phi) is 8.37. The van der Waals surface area contributed by atoms with Crippen LogP contribution in [0, 0.1) is 0 Å². The molecule has 1 aliphatic heterocycles. The highest BCUT2D eigenvalue weighted by Crippen LogP contribution is 2.20. The zero-order valence-corrected chi connectivity index (χ0v) is 12.2. The Labute approximate surface area is 121 Å². The highest BCUT2D eigenvalue weighted by Gasteiger charge is 2.17. The SMILES string of the molecule is Cl.O=C(CC1CNCCO1)NCCOC1CCCC1. The van der Waals surface area contributed by atoms with E-state index >= 15 is 0 Å². The summed E-state index contributed by atoms with van der Waals surface area (Å²) in [6, 6.07) is 0. The fourth-order valence-corrected chi connectivity index (χ4v) is 2.50. The first-order valence-corrected chi connectivity index (χ1v) is 7.05. The summed E-state index contributed by atoms with van der Waals surface area (Å²) in [5, 5.41) is 6.10. The maximum Gasteiger partial charge on any atom is 0.222 e. The Bertz CT molecular complexity index is 254. The minimum absolute atomic E-state index is 0. The van der Waals surface area contributed by atoms with E-state index in [0.717, 1.165) is 13.1 Å². The minimum atomic E-state index is 0. The Morgan fingerprint density at radius 3 is 2.84 bits per heavy atom. The van der Waals surface area contributed by atoms with Gasteiger partial charge in [0.15, 0.2) is 0 Å². The van der Waals surface area contributed by atoms with Gasteiger partial charge in [0, 0.05) is 19.6 Å². The zero-order valence-electron chi connectivity index (χ0n) is 11.4. The molecule has 2 N–H and O–H groups in total. The molecule has 1 heterocycles. The summed E-state index contributed by atoms with van der Waals surface area (Å²) in [5.41, 5.74) is 0. The molecular weight excluding hydrogens is 268 g/mol. The van der Waals surface area contributed by atoms with E-state index in [0.29, 0.717) is 32.3 Å². The fourth-order valence-electron chi connectivity index (χ4n) is 2.50. The average Bonchev–Trinajstić information content (AvgIpc) is 2.89. The number of carbonyl (C=O) groups is 1. The molecule has 1 unspecified atom stereocenters. The highest BCUT2D eigenvalue weighted by atomic mass is 35.5. The van der Waals surface area contributed by atoms with Gasteiger partial charge in [0.2, 0.25) is 5.91 Å². The van der Waals surface area contributed by atoms with Crippen LogP contribution in [0.5, 0.6) is 0 Å². The van der Waals surface area contributed by atoms with Crippen molar-refractivity contribution in [1.82, 2.24) is 10.6 Å². The fraction of sp³-hybridized carbons (Fsp3) is 0.923. The van der Waals surface area contributed by atoms with Crippen molar-refractivity contribution in [3.05, 3.63) is 0 Å². The van der Waals surface area contributed by atoms with Crippen LogP contribution in [0.1, 0.15) is 32.1 Å². The second-order valence-corrected chi connectivity index (χ2v) is 5.03. The Morgan fingerprint density at radius 1 is 1.37 bits per heavy atom. The molecule has 1 amide bonds. The number of amides is 1. The monoisotopic (exact) mass is 292 g/mol. The predicted molar refractivity (Wildman–Crippen MR) is 75.7 cm³/mol. The first-order chi connectivity index (χ1) is 8.84. The number of hydrogen-bond donors (Lipinski definition) is 2. The second kappa shape index (κ2) is 9.53. The lowest BCUT2D eigenvalue weighted by atomic mass is 10.2. The van der Waals surface area contributed by atoms with Gasteiger partial charge in [0.25, 0.3) is 0 Å². The van der Waals surface area contributed by atoms with E-state index in [9.17, 15) is 4.79 Å². The van der Waals surface area contributed by atoms with E-state index in [4.69, 9.17) is 9.47 Å². The molecule has 2 rings (SSSR count). The molecule has 1 atom stereocenters. The molecule has 2 fully saturated rings. The number of nitrogens with one attached hydrogen (secondary N) is 2. The van der Waals surface area contributed by atoms with Gasteiger partial charge in [-0.05, 0) is 12.8 Å². The van der Waals surface area contributed by atoms with Crippen molar-refractivity contribution in [2.75, 3.05) is 32.8 Å². The van der Waals surface area contributed by atoms with Crippen LogP contribution in [0.4, 0.5) is 0 Å². The third kappa shape index (κ3) is 6.56.